The Bertz CT molecular complexity index is 160. The third kappa shape index (κ3) is 2.46. The predicted octanol–water partition coefficient (Wildman–Crippen LogP) is 3.84. The molecule has 2 saturated carbocycles. The Hall–Kier alpha value is 0.310. The summed E-state index contributed by atoms with van der Waals surface area (Å²) in [7, 11) is 0. The van der Waals surface area contributed by atoms with Crippen molar-refractivity contribution in [2.24, 2.45) is 0 Å². The molecular weight excluding hydrogens is 190 g/mol. The zero-order chi connectivity index (χ0) is 9.80. The predicted molar refractivity (Wildman–Crippen MR) is 64.5 cm³/mol. The second-order valence-corrected chi connectivity index (χ2v) is 5.56. The molecule has 0 heterocycles. The molecule has 14 heavy (non-hydrogen) atoms. The summed E-state index contributed by atoms with van der Waals surface area (Å²) >= 11 is 2.01. The van der Waals surface area contributed by atoms with Gasteiger partial charge in [0.25, 0.3) is 0 Å². The minimum Gasteiger partial charge on any atom is -0.245 e. The molecule has 0 atom stereocenters. The molecule has 2 aliphatic carbocycles. The highest BCUT2D eigenvalue weighted by molar-refractivity contribution is 7.96. The molecule has 0 aromatic heterocycles. The molecule has 0 bridgehead atoms. The van der Waals surface area contributed by atoms with Gasteiger partial charge in [0.2, 0.25) is 0 Å². The monoisotopic (exact) mass is 213 g/mol. The van der Waals surface area contributed by atoms with Gasteiger partial charge in [-0.2, -0.15) is 0 Å². The average molecular weight is 213 g/mol. The molecule has 0 unspecified atom stereocenters. The third-order valence-electron chi connectivity index (χ3n) is 3.83. The lowest BCUT2D eigenvalue weighted by Gasteiger charge is -2.36. The molecule has 0 saturated heterocycles. The van der Waals surface area contributed by atoms with Crippen LogP contribution >= 0.6 is 11.9 Å². The van der Waals surface area contributed by atoms with Crippen LogP contribution in [0, 0.1) is 0 Å². The topological polar surface area (TPSA) is 3.24 Å². The van der Waals surface area contributed by atoms with Crippen molar-refractivity contribution in [3.05, 3.63) is 0 Å². The van der Waals surface area contributed by atoms with Crippen molar-refractivity contribution in [3.63, 3.8) is 0 Å². The highest BCUT2D eigenvalue weighted by Crippen LogP contribution is 2.34. The van der Waals surface area contributed by atoms with Crippen LogP contribution < -0.4 is 0 Å². The van der Waals surface area contributed by atoms with Crippen molar-refractivity contribution in [2.45, 2.75) is 69.9 Å². The van der Waals surface area contributed by atoms with E-state index in [-0.39, 0.29) is 0 Å². The summed E-state index contributed by atoms with van der Waals surface area (Å²) in [4.78, 5) is 0. The second-order valence-electron chi connectivity index (χ2n) is 4.77. The van der Waals surface area contributed by atoms with Crippen molar-refractivity contribution in [1.29, 1.82) is 0 Å². The maximum Gasteiger partial charge on any atom is 0.0205 e. The van der Waals surface area contributed by atoms with Crippen LogP contribution in [0.4, 0.5) is 0 Å². The van der Waals surface area contributed by atoms with Crippen LogP contribution in [-0.4, -0.2) is 22.6 Å². The Morgan fingerprint density at radius 3 is 1.64 bits per heavy atom. The van der Waals surface area contributed by atoms with Gasteiger partial charge in [0.1, 0.15) is 0 Å². The Kier molecular flexibility index (Phi) is 4.18. The molecular formula is C12H23NS. The van der Waals surface area contributed by atoms with Crippen LogP contribution in [0.3, 0.4) is 0 Å². The van der Waals surface area contributed by atoms with Gasteiger partial charge in [0, 0.05) is 12.1 Å². The third-order valence-corrected chi connectivity index (χ3v) is 4.85. The van der Waals surface area contributed by atoms with Gasteiger partial charge >= 0.3 is 0 Å². The Balaban J connectivity index is 1.89. The van der Waals surface area contributed by atoms with E-state index < -0.39 is 0 Å². The number of hydrogen-bond acceptors (Lipinski definition) is 2. The van der Waals surface area contributed by atoms with Crippen molar-refractivity contribution in [3.8, 4) is 0 Å². The molecule has 0 N–H and O–H groups in total. The second kappa shape index (κ2) is 5.41. The van der Waals surface area contributed by atoms with E-state index in [1.54, 1.807) is 0 Å². The van der Waals surface area contributed by atoms with Crippen molar-refractivity contribution < 1.29 is 0 Å². The van der Waals surface area contributed by atoms with Crippen LogP contribution in [-0.2, 0) is 0 Å². The quantitative estimate of drug-likeness (QED) is 0.655. The molecule has 2 heteroatoms. The number of nitrogens with zero attached hydrogens (tertiary/aromatic N) is 1. The molecule has 0 amide bonds. The first kappa shape index (κ1) is 10.8. The largest absolute Gasteiger partial charge is 0.245 e. The normalized spacial score (nSPS) is 26.1. The molecule has 2 aliphatic rings. The van der Waals surface area contributed by atoms with Crippen molar-refractivity contribution >= 4 is 11.9 Å². The zero-order valence-electron chi connectivity index (χ0n) is 9.37. The lowest BCUT2D eigenvalue weighted by atomic mass is 9.94. The highest BCUT2D eigenvalue weighted by atomic mass is 32.2. The van der Waals surface area contributed by atoms with Gasteiger partial charge in [-0.05, 0) is 31.9 Å². The van der Waals surface area contributed by atoms with E-state index >= 15 is 0 Å². The maximum absolute atomic E-state index is 2.74. The van der Waals surface area contributed by atoms with Crippen molar-refractivity contribution in [1.82, 2.24) is 4.31 Å². The Morgan fingerprint density at radius 2 is 1.21 bits per heavy atom. The van der Waals surface area contributed by atoms with Crippen LogP contribution in [0.15, 0.2) is 0 Å². The minimum atomic E-state index is 0.904. The standard InChI is InChI=1S/C12H23NS/c1-14-13(12-9-5-6-10-12)11-7-3-2-4-8-11/h11-12H,2-10H2,1H3. The van der Waals surface area contributed by atoms with E-state index in [0.717, 1.165) is 12.1 Å². The fraction of sp³-hybridized carbons (Fsp3) is 1.00. The number of hydrogen-bond donors (Lipinski definition) is 0. The van der Waals surface area contributed by atoms with E-state index in [1.807, 2.05) is 11.9 Å². The SMILES string of the molecule is CSN(C1CCCCC1)C1CCCC1. The van der Waals surface area contributed by atoms with E-state index in [0.29, 0.717) is 0 Å². The summed E-state index contributed by atoms with van der Waals surface area (Å²) in [5.74, 6) is 0. The van der Waals surface area contributed by atoms with Gasteiger partial charge in [-0.25, -0.2) is 4.31 Å². The van der Waals surface area contributed by atoms with Crippen LogP contribution in [0.25, 0.3) is 0 Å². The molecule has 1 nitrogen and oxygen atoms in total. The van der Waals surface area contributed by atoms with Crippen LogP contribution in [0.5, 0.6) is 0 Å². The fourth-order valence-corrected chi connectivity index (χ4v) is 4.11. The fourth-order valence-electron chi connectivity index (χ4n) is 3.09. The summed E-state index contributed by atoms with van der Waals surface area (Å²) in [6.45, 7) is 0. The van der Waals surface area contributed by atoms with Crippen molar-refractivity contribution in [2.75, 3.05) is 6.26 Å². The van der Waals surface area contributed by atoms with Gasteiger partial charge in [-0.1, -0.05) is 44.1 Å². The minimum absolute atomic E-state index is 0.904. The van der Waals surface area contributed by atoms with Crippen LogP contribution in [0.2, 0.25) is 0 Å². The lowest BCUT2D eigenvalue weighted by molar-refractivity contribution is 0.222. The summed E-state index contributed by atoms with van der Waals surface area (Å²) in [6.07, 6.45) is 15.4. The Labute approximate surface area is 92.8 Å². The van der Waals surface area contributed by atoms with Gasteiger partial charge in [0.15, 0.2) is 0 Å². The van der Waals surface area contributed by atoms with Gasteiger partial charge in [-0.3, -0.25) is 0 Å². The summed E-state index contributed by atoms with van der Waals surface area (Å²) in [6, 6.07) is 1.81. The molecule has 0 aliphatic heterocycles. The Morgan fingerprint density at radius 1 is 0.786 bits per heavy atom. The van der Waals surface area contributed by atoms with Gasteiger partial charge < -0.3 is 0 Å². The van der Waals surface area contributed by atoms with E-state index in [2.05, 4.69) is 10.6 Å². The van der Waals surface area contributed by atoms with E-state index in [1.165, 1.54) is 57.8 Å². The molecule has 0 radical (unpaired) electrons. The lowest BCUT2D eigenvalue weighted by Crippen LogP contribution is -2.37. The first-order chi connectivity index (χ1) is 6.92. The molecule has 0 aromatic carbocycles. The molecule has 2 fully saturated rings. The van der Waals surface area contributed by atoms with Crippen LogP contribution in [0.1, 0.15) is 57.8 Å². The van der Waals surface area contributed by atoms with E-state index in [9.17, 15) is 0 Å². The first-order valence-corrected chi connectivity index (χ1v) is 7.42. The number of rotatable bonds is 3. The molecule has 82 valence electrons. The van der Waals surface area contributed by atoms with Gasteiger partial charge in [0.05, 0.1) is 0 Å². The molecule has 2 rings (SSSR count). The van der Waals surface area contributed by atoms with Gasteiger partial charge in [-0.15, -0.1) is 0 Å². The average Bonchev–Trinajstić information content (AvgIpc) is 2.74. The highest BCUT2D eigenvalue weighted by Gasteiger charge is 2.28. The first-order valence-electron chi connectivity index (χ1n) is 6.24. The smallest absolute Gasteiger partial charge is 0.0205 e. The summed E-state index contributed by atoms with van der Waals surface area (Å²) in [5, 5.41) is 0. The summed E-state index contributed by atoms with van der Waals surface area (Å²) < 4.78 is 2.74. The maximum atomic E-state index is 2.74. The molecule has 0 spiro atoms. The van der Waals surface area contributed by atoms with E-state index in [4.69, 9.17) is 0 Å². The summed E-state index contributed by atoms with van der Waals surface area (Å²) in [5.41, 5.74) is 0. The zero-order valence-corrected chi connectivity index (χ0v) is 10.2. The molecule has 0 aromatic rings.